The molecule has 13 heteroatoms. The Kier molecular flexibility index (Phi) is 3.38. The van der Waals surface area contributed by atoms with Crippen LogP contribution in [-0.2, 0) is 26.6 Å². The van der Waals surface area contributed by atoms with Crippen LogP contribution in [0, 0.1) is 0 Å². The molecule has 1 heterocycles. The maximum absolute atomic E-state index is 12.6. The van der Waals surface area contributed by atoms with E-state index in [1.807, 2.05) is 0 Å². The lowest BCUT2D eigenvalue weighted by Crippen LogP contribution is -2.60. The Morgan fingerprint density at radius 3 is 2.24 bits per heavy atom. The minimum absolute atomic E-state index is 0.122. The summed E-state index contributed by atoms with van der Waals surface area (Å²) in [6, 6.07) is 1.24. The molecule has 2 amide bonds. The summed E-state index contributed by atoms with van der Waals surface area (Å²) in [4.78, 5) is 11.5. The molecular formula is C8H6F3N3O5S2. The van der Waals surface area contributed by atoms with E-state index in [-0.39, 0.29) is 4.31 Å². The highest BCUT2D eigenvalue weighted by Crippen LogP contribution is 2.32. The van der Waals surface area contributed by atoms with Crippen LogP contribution in [0.25, 0.3) is 0 Å². The standard InChI is InChI=1S/C8H6F3N3O5S2/c9-8(10,11)5-2-1-3-6(4-5)14-7(15)12-20(16,17)13-21(14,18)19/h1-4,13H,(H,12,15). The smallest absolute Gasteiger partial charge is 0.246 e. The fourth-order valence-corrected chi connectivity index (χ4v) is 4.13. The highest BCUT2D eigenvalue weighted by Gasteiger charge is 2.41. The van der Waals surface area contributed by atoms with Crippen molar-refractivity contribution in [1.82, 2.24) is 8.85 Å². The average Bonchev–Trinajstić information content (AvgIpc) is 2.23. The number of anilines is 1. The Balaban J connectivity index is 2.54. The van der Waals surface area contributed by atoms with Crippen LogP contribution in [0.3, 0.4) is 0 Å². The number of urea groups is 1. The summed E-state index contributed by atoms with van der Waals surface area (Å²) in [6.45, 7) is 0. The molecule has 2 rings (SSSR count). The quantitative estimate of drug-likeness (QED) is 0.761. The minimum Gasteiger partial charge on any atom is -0.246 e. The van der Waals surface area contributed by atoms with Gasteiger partial charge in [0.15, 0.2) is 0 Å². The molecule has 0 unspecified atom stereocenters. The Hall–Kier alpha value is -1.86. The molecule has 2 N–H and O–H groups in total. The van der Waals surface area contributed by atoms with E-state index in [0.29, 0.717) is 12.1 Å². The first-order chi connectivity index (χ1) is 9.42. The van der Waals surface area contributed by atoms with Gasteiger partial charge in [0.25, 0.3) is 0 Å². The number of carbonyl (C=O) groups excluding carboxylic acids is 1. The molecule has 1 aromatic carbocycles. The van der Waals surface area contributed by atoms with Gasteiger partial charge in [-0.05, 0) is 18.2 Å². The molecule has 0 spiro atoms. The zero-order valence-corrected chi connectivity index (χ0v) is 11.4. The molecule has 1 saturated heterocycles. The fraction of sp³-hybridized carbons (Fsp3) is 0.125. The second-order valence-corrected chi connectivity index (χ2v) is 7.00. The van der Waals surface area contributed by atoms with Crippen LogP contribution in [0.4, 0.5) is 23.7 Å². The Labute approximate surface area is 116 Å². The summed E-state index contributed by atoms with van der Waals surface area (Å²) in [5.74, 6) is 0. The first-order valence-electron chi connectivity index (χ1n) is 5.00. The van der Waals surface area contributed by atoms with Crippen molar-refractivity contribution in [2.45, 2.75) is 6.18 Å². The van der Waals surface area contributed by atoms with Crippen LogP contribution >= 0.6 is 0 Å². The zero-order chi connectivity index (χ0) is 16.1. The van der Waals surface area contributed by atoms with Gasteiger partial charge in [-0.1, -0.05) is 10.2 Å². The molecule has 0 radical (unpaired) electrons. The molecule has 0 atom stereocenters. The molecule has 1 aliphatic heterocycles. The van der Waals surface area contributed by atoms with Gasteiger partial charge < -0.3 is 0 Å². The van der Waals surface area contributed by atoms with E-state index in [2.05, 4.69) is 0 Å². The first-order valence-corrected chi connectivity index (χ1v) is 7.92. The normalized spacial score (nSPS) is 20.9. The maximum Gasteiger partial charge on any atom is 0.416 e. The number of alkyl halides is 3. The molecule has 0 saturated carbocycles. The van der Waals surface area contributed by atoms with Gasteiger partial charge in [-0.25, -0.2) is 9.52 Å². The largest absolute Gasteiger partial charge is 0.416 e. The van der Waals surface area contributed by atoms with E-state index in [9.17, 15) is 34.8 Å². The fourth-order valence-electron chi connectivity index (χ4n) is 1.53. The van der Waals surface area contributed by atoms with Gasteiger partial charge >= 0.3 is 32.6 Å². The number of hydrogen-bond donors (Lipinski definition) is 2. The van der Waals surface area contributed by atoms with Gasteiger partial charge in [-0.2, -0.15) is 34.3 Å². The number of benzene rings is 1. The molecule has 1 aromatic rings. The minimum atomic E-state index is -4.88. The summed E-state index contributed by atoms with van der Waals surface area (Å²) in [6.07, 6.45) is -4.76. The van der Waals surface area contributed by atoms with E-state index in [0.717, 1.165) is 16.3 Å². The second-order valence-electron chi connectivity index (χ2n) is 3.81. The Morgan fingerprint density at radius 2 is 1.71 bits per heavy atom. The first kappa shape index (κ1) is 15.5. The lowest BCUT2D eigenvalue weighted by molar-refractivity contribution is -0.137. The molecule has 1 aliphatic rings. The van der Waals surface area contributed by atoms with Gasteiger partial charge in [0.2, 0.25) is 0 Å². The van der Waals surface area contributed by atoms with Crippen molar-refractivity contribution in [2.24, 2.45) is 0 Å². The SMILES string of the molecule is O=C1NS(=O)(=O)NS(=O)(=O)N1c1cccc(C(F)(F)F)c1. The van der Waals surface area contributed by atoms with E-state index in [1.54, 1.807) is 0 Å². The molecule has 116 valence electrons. The van der Waals surface area contributed by atoms with Crippen molar-refractivity contribution in [3.63, 3.8) is 0 Å². The summed E-state index contributed by atoms with van der Waals surface area (Å²) >= 11 is 0. The van der Waals surface area contributed by atoms with Crippen LogP contribution in [0.2, 0.25) is 0 Å². The number of nitrogens with zero attached hydrogens (tertiary/aromatic N) is 1. The van der Waals surface area contributed by atoms with Crippen molar-refractivity contribution in [3.8, 4) is 0 Å². The predicted octanol–water partition coefficient (Wildman–Crippen LogP) is 0.314. The molecule has 0 aromatic heterocycles. The highest BCUT2D eigenvalue weighted by atomic mass is 32.3. The highest BCUT2D eigenvalue weighted by molar-refractivity contribution is 8.06. The Morgan fingerprint density at radius 1 is 1.10 bits per heavy atom. The van der Waals surface area contributed by atoms with Gasteiger partial charge in [-0.3, -0.25) is 0 Å². The van der Waals surface area contributed by atoms with Gasteiger partial charge in [0.05, 0.1) is 11.3 Å². The third kappa shape index (κ3) is 3.08. The van der Waals surface area contributed by atoms with E-state index in [4.69, 9.17) is 0 Å². The maximum atomic E-state index is 12.6. The number of amides is 2. The zero-order valence-electron chi connectivity index (χ0n) is 9.75. The van der Waals surface area contributed by atoms with Gasteiger partial charge in [-0.15, -0.1) is 0 Å². The van der Waals surface area contributed by atoms with Crippen molar-refractivity contribution in [3.05, 3.63) is 29.8 Å². The van der Waals surface area contributed by atoms with Crippen molar-refractivity contribution in [2.75, 3.05) is 4.31 Å². The van der Waals surface area contributed by atoms with E-state index in [1.165, 1.54) is 4.72 Å². The van der Waals surface area contributed by atoms with Gasteiger partial charge in [0.1, 0.15) is 0 Å². The summed E-state index contributed by atoms with van der Waals surface area (Å²) in [7, 11) is -9.50. The van der Waals surface area contributed by atoms with Crippen LogP contribution < -0.4 is 13.2 Å². The van der Waals surface area contributed by atoms with Crippen LogP contribution in [0.15, 0.2) is 24.3 Å². The lowest BCUT2D eigenvalue weighted by Gasteiger charge is -2.27. The summed E-state index contributed by atoms with van der Waals surface area (Å²) in [5.41, 5.74) is -1.86. The molecule has 0 aliphatic carbocycles. The number of halogens is 3. The topological polar surface area (TPSA) is 113 Å². The molecule has 1 fully saturated rings. The predicted molar refractivity (Wildman–Crippen MR) is 63.4 cm³/mol. The monoisotopic (exact) mass is 345 g/mol. The van der Waals surface area contributed by atoms with Crippen molar-refractivity contribution >= 4 is 32.1 Å². The van der Waals surface area contributed by atoms with Gasteiger partial charge in [0, 0.05) is 0 Å². The number of hydrogen-bond acceptors (Lipinski definition) is 5. The summed E-state index contributed by atoms with van der Waals surface area (Å²) < 4.78 is 85.4. The van der Waals surface area contributed by atoms with Crippen molar-refractivity contribution < 1.29 is 34.8 Å². The van der Waals surface area contributed by atoms with Crippen LogP contribution in [-0.4, -0.2) is 22.9 Å². The molecular weight excluding hydrogens is 339 g/mol. The molecule has 0 bridgehead atoms. The number of rotatable bonds is 1. The van der Waals surface area contributed by atoms with Crippen molar-refractivity contribution in [1.29, 1.82) is 0 Å². The molecule has 8 nitrogen and oxygen atoms in total. The number of nitrogens with one attached hydrogen (secondary N) is 2. The van der Waals surface area contributed by atoms with E-state index < -0.39 is 43.9 Å². The average molecular weight is 345 g/mol. The third-order valence-corrected chi connectivity index (χ3v) is 5.29. The molecule has 21 heavy (non-hydrogen) atoms. The summed E-state index contributed by atoms with van der Waals surface area (Å²) in [5, 5.41) is 0. The Bertz CT molecular complexity index is 803. The van der Waals surface area contributed by atoms with E-state index >= 15 is 0 Å². The second kappa shape index (κ2) is 4.57. The van der Waals surface area contributed by atoms with Crippen LogP contribution in [0.5, 0.6) is 0 Å². The third-order valence-electron chi connectivity index (χ3n) is 2.27. The number of carbonyl (C=O) groups is 1. The van der Waals surface area contributed by atoms with Crippen LogP contribution in [0.1, 0.15) is 5.56 Å². The lowest BCUT2D eigenvalue weighted by atomic mass is 10.2.